The van der Waals surface area contributed by atoms with E-state index in [0.29, 0.717) is 39.1 Å². The van der Waals surface area contributed by atoms with Gasteiger partial charge in [-0.05, 0) is 72.3 Å². The Morgan fingerprint density at radius 1 is 0.939 bits per heavy atom. The number of benzene rings is 3. The summed E-state index contributed by atoms with van der Waals surface area (Å²) in [7, 11) is 3.06. The molecule has 0 aliphatic heterocycles. The van der Waals surface area contributed by atoms with Gasteiger partial charge in [0.25, 0.3) is 11.8 Å². The number of nitrogens with one attached hydrogen (secondary N) is 2. The van der Waals surface area contributed by atoms with Gasteiger partial charge in [0.15, 0.2) is 18.1 Å². The Balaban J connectivity index is 1.54. The first-order valence-corrected chi connectivity index (χ1v) is 10.2. The Hall–Kier alpha value is -4.04. The van der Waals surface area contributed by atoms with Crippen molar-refractivity contribution >= 4 is 35.3 Å². The number of carbonyl (C=O) groups excluding carboxylic acids is 2. The van der Waals surface area contributed by atoms with Gasteiger partial charge in [0.05, 0.1) is 20.4 Å². The van der Waals surface area contributed by atoms with Crippen LogP contribution < -0.4 is 25.0 Å². The van der Waals surface area contributed by atoms with Crippen molar-refractivity contribution in [3.05, 3.63) is 82.9 Å². The topological polar surface area (TPSA) is 98.3 Å². The number of nitrogens with zero attached hydrogens (tertiary/aromatic N) is 1. The van der Waals surface area contributed by atoms with Gasteiger partial charge in [0.2, 0.25) is 0 Å². The second kappa shape index (κ2) is 11.5. The van der Waals surface area contributed by atoms with Gasteiger partial charge in [0, 0.05) is 16.3 Å². The summed E-state index contributed by atoms with van der Waals surface area (Å²) < 4.78 is 16.0. The highest BCUT2D eigenvalue weighted by atomic mass is 35.5. The van der Waals surface area contributed by atoms with Gasteiger partial charge in [0.1, 0.15) is 5.75 Å². The van der Waals surface area contributed by atoms with E-state index in [2.05, 4.69) is 15.8 Å². The first-order valence-electron chi connectivity index (χ1n) is 9.82. The van der Waals surface area contributed by atoms with Crippen molar-refractivity contribution in [3.8, 4) is 17.2 Å². The van der Waals surface area contributed by atoms with E-state index in [-0.39, 0.29) is 18.4 Å². The van der Waals surface area contributed by atoms with Crippen LogP contribution in [0.2, 0.25) is 5.02 Å². The third-order valence-electron chi connectivity index (χ3n) is 4.41. The molecule has 0 saturated carbocycles. The summed E-state index contributed by atoms with van der Waals surface area (Å²) in [6.45, 7) is -0.201. The largest absolute Gasteiger partial charge is 0.497 e. The van der Waals surface area contributed by atoms with Gasteiger partial charge in [-0.1, -0.05) is 11.6 Å². The SMILES string of the molecule is COc1ccc(NC(=O)COc2ccc(C=NNC(=O)c3ccc(Cl)cc3)cc2OC)cc1. The molecule has 2 N–H and O–H groups in total. The zero-order valence-electron chi connectivity index (χ0n) is 18.0. The highest BCUT2D eigenvalue weighted by Crippen LogP contribution is 2.27. The maximum atomic E-state index is 12.2. The molecule has 0 unspecified atom stereocenters. The fourth-order valence-corrected chi connectivity index (χ4v) is 2.86. The lowest BCUT2D eigenvalue weighted by Gasteiger charge is -2.11. The molecule has 0 aliphatic rings. The average molecular weight is 468 g/mol. The number of rotatable bonds is 9. The van der Waals surface area contributed by atoms with E-state index < -0.39 is 0 Å². The van der Waals surface area contributed by atoms with E-state index in [1.54, 1.807) is 73.8 Å². The molecule has 8 nitrogen and oxygen atoms in total. The Morgan fingerprint density at radius 2 is 1.67 bits per heavy atom. The quantitative estimate of drug-likeness (QED) is 0.364. The number of carbonyl (C=O) groups is 2. The minimum Gasteiger partial charge on any atom is -0.497 e. The van der Waals surface area contributed by atoms with E-state index in [1.165, 1.54) is 13.3 Å². The predicted molar refractivity (Wildman–Crippen MR) is 127 cm³/mol. The number of ether oxygens (including phenoxy) is 3. The molecule has 0 heterocycles. The van der Waals surface area contributed by atoms with Crippen molar-refractivity contribution in [2.75, 3.05) is 26.1 Å². The van der Waals surface area contributed by atoms with Gasteiger partial charge in [-0.2, -0.15) is 5.10 Å². The molecular weight excluding hydrogens is 446 g/mol. The Bertz CT molecular complexity index is 1130. The van der Waals surface area contributed by atoms with E-state index in [9.17, 15) is 9.59 Å². The van der Waals surface area contributed by atoms with Gasteiger partial charge in [-0.25, -0.2) is 5.43 Å². The van der Waals surface area contributed by atoms with Crippen molar-refractivity contribution in [1.82, 2.24) is 5.43 Å². The van der Waals surface area contributed by atoms with Gasteiger partial charge in [-0.15, -0.1) is 0 Å². The van der Waals surface area contributed by atoms with E-state index >= 15 is 0 Å². The molecule has 0 spiro atoms. The van der Waals surface area contributed by atoms with Crippen LogP contribution >= 0.6 is 11.6 Å². The lowest BCUT2D eigenvalue weighted by Crippen LogP contribution is -2.20. The normalized spacial score (nSPS) is 10.5. The standard InChI is InChI=1S/C24H22ClN3O5/c1-31-20-10-8-19(9-11-20)27-23(29)15-33-21-12-3-16(13-22(21)32-2)14-26-28-24(30)17-4-6-18(25)7-5-17/h3-14H,15H2,1-2H3,(H,27,29)(H,28,30). The Labute approximate surface area is 196 Å². The fourth-order valence-electron chi connectivity index (χ4n) is 2.73. The number of hydrazone groups is 1. The summed E-state index contributed by atoms with van der Waals surface area (Å²) in [5.41, 5.74) is 4.17. The maximum Gasteiger partial charge on any atom is 0.271 e. The highest BCUT2D eigenvalue weighted by molar-refractivity contribution is 6.30. The van der Waals surface area contributed by atoms with Crippen LogP contribution in [-0.4, -0.2) is 38.9 Å². The van der Waals surface area contributed by atoms with Crippen LogP contribution in [-0.2, 0) is 4.79 Å². The van der Waals surface area contributed by atoms with Crippen molar-refractivity contribution in [1.29, 1.82) is 0 Å². The molecule has 0 radical (unpaired) electrons. The molecule has 170 valence electrons. The summed E-state index contributed by atoms with van der Waals surface area (Å²) in [6.07, 6.45) is 1.47. The Kier molecular flexibility index (Phi) is 8.26. The van der Waals surface area contributed by atoms with Gasteiger partial charge >= 0.3 is 0 Å². The zero-order chi connectivity index (χ0) is 23.6. The average Bonchev–Trinajstić information content (AvgIpc) is 2.84. The summed E-state index contributed by atoms with van der Waals surface area (Å²) in [5.74, 6) is 0.822. The summed E-state index contributed by atoms with van der Waals surface area (Å²) in [5, 5.41) is 7.23. The molecule has 0 bridgehead atoms. The van der Waals surface area contributed by atoms with Crippen LogP contribution in [0.5, 0.6) is 17.2 Å². The summed E-state index contributed by atoms with van der Waals surface area (Å²) in [6, 6.07) is 18.5. The molecule has 0 aromatic heterocycles. The lowest BCUT2D eigenvalue weighted by atomic mass is 10.2. The molecule has 2 amide bonds. The van der Waals surface area contributed by atoms with Crippen LogP contribution in [0.4, 0.5) is 5.69 Å². The smallest absolute Gasteiger partial charge is 0.271 e. The number of methoxy groups -OCH3 is 2. The predicted octanol–water partition coefficient (Wildman–Crippen LogP) is 4.14. The second-order valence-electron chi connectivity index (χ2n) is 6.68. The minimum absolute atomic E-state index is 0.201. The molecule has 0 aliphatic carbocycles. The van der Waals surface area contributed by atoms with Crippen LogP contribution in [0.1, 0.15) is 15.9 Å². The van der Waals surface area contributed by atoms with Gasteiger partial charge in [-0.3, -0.25) is 9.59 Å². The second-order valence-corrected chi connectivity index (χ2v) is 7.12. The summed E-state index contributed by atoms with van der Waals surface area (Å²) >= 11 is 5.82. The van der Waals surface area contributed by atoms with Crippen LogP contribution in [0.3, 0.4) is 0 Å². The number of hydrogen-bond donors (Lipinski definition) is 2. The monoisotopic (exact) mass is 467 g/mol. The number of halogens is 1. The molecule has 3 rings (SSSR count). The van der Waals surface area contributed by atoms with Crippen molar-refractivity contribution < 1.29 is 23.8 Å². The molecule has 3 aromatic rings. The van der Waals surface area contributed by atoms with Crippen molar-refractivity contribution in [2.45, 2.75) is 0 Å². The first kappa shape index (κ1) is 23.6. The third-order valence-corrected chi connectivity index (χ3v) is 4.66. The minimum atomic E-state index is -0.363. The van der Waals surface area contributed by atoms with Crippen LogP contribution in [0.25, 0.3) is 0 Å². The Morgan fingerprint density at radius 3 is 2.33 bits per heavy atom. The van der Waals surface area contributed by atoms with Crippen LogP contribution in [0.15, 0.2) is 71.8 Å². The van der Waals surface area contributed by atoms with Crippen LogP contribution in [0, 0.1) is 0 Å². The third kappa shape index (κ3) is 6.98. The fraction of sp³-hybridized carbons (Fsp3) is 0.125. The molecular formula is C24H22ClN3O5. The summed E-state index contributed by atoms with van der Waals surface area (Å²) in [4.78, 5) is 24.2. The molecule has 0 saturated heterocycles. The van der Waals surface area contributed by atoms with Crippen molar-refractivity contribution in [3.63, 3.8) is 0 Å². The molecule has 33 heavy (non-hydrogen) atoms. The molecule has 0 atom stereocenters. The van der Waals surface area contributed by atoms with E-state index in [4.69, 9.17) is 25.8 Å². The maximum absolute atomic E-state index is 12.2. The lowest BCUT2D eigenvalue weighted by molar-refractivity contribution is -0.118. The number of hydrogen-bond acceptors (Lipinski definition) is 6. The molecule has 3 aromatic carbocycles. The van der Waals surface area contributed by atoms with E-state index in [0.717, 1.165) is 0 Å². The van der Waals surface area contributed by atoms with Gasteiger partial charge < -0.3 is 19.5 Å². The zero-order valence-corrected chi connectivity index (χ0v) is 18.8. The van der Waals surface area contributed by atoms with E-state index in [1.807, 2.05) is 0 Å². The number of amides is 2. The molecule has 0 fully saturated rings. The molecule has 9 heteroatoms. The number of anilines is 1. The van der Waals surface area contributed by atoms with Crippen molar-refractivity contribution in [2.24, 2.45) is 5.10 Å². The first-order chi connectivity index (χ1) is 16.0. The highest BCUT2D eigenvalue weighted by Gasteiger charge is 2.09.